The van der Waals surface area contributed by atoms with Crippen molar-refractivity contribution in [2.75, 3.05) is 0 Å². The molecule has 0 unspecified atom stereocenters. The fraction of sp³-hybridized carbons (Fsp3) is 0. The molecule has 0 aromatic carbocycles. The van der Waals surface area contributed by atoms with Crippen LogP contribution in [0.1, 0.15) is 0 Å². The fourth-order valence-corrected chi connectivity index (χ4v) is 1.83. The summed E-state index contributed by atoms with van der Waals surface area (Å²) in [7, 11) is 0. The van der Waals surface area contributed by atoms with Gasteiger partial charge in [-0.25, -0.2) is 0 Å². The van der Waals surface area contributed by atoms with E-state index in [1.54, 1.807) is 22.7 Å². The zero-order valence-corrected chi connectivity index (χ0v) is 9.56. The summed E-state index contributed by atoms with van der Waals surface area (Å²) >= 11 is 3.23. The third kappa shape index (κ3) is 1.38. The molecular weight excluding hydrogens is 274 g/mol. The normalized spacial score (nSPS) is 11.1. The van der Waals surface area contributed by atoms with Gasteiger partial charge in [0.05, 0.1) is 0 Å². The number of furan rings is 1. The van der Waals surface area contributed by atoms with Gasteiger partial charge in [0.1, 0.15) is 5.65 Å². The van der Waals surface area contributed by atoms with Gasteiger partial charge in [0, 0.05) is 18.3 Å². The number of fused-ring (bicyclic) bond motifs is 1. The summed E-state index contributed by atoms with van der Waals surface area (Å²) in [4.78, 5) is 11.1. The number of nitrogens with zero attached hydrogens (tertiary/aromatic N) is 2. The highest BCUT2D eigenvalue weighted by atomic mass is 79.9. The smallest absolute Gasteiger partial charge is 0.201 e. The Kier molecular flexibility index (Phi) is 1.97. The number of halogens is 1. The van der Waals surface area contributed by atoms with E-state index in [4.69, 9.17) is 4.42 Å². The van der Waals surface area contributed by atoms with Gasteiger partial charge in [-0.3, -0.25) is 14.3 Å². The highest BCUT2D eigenvalue weighted by Crippen LogP contribution is 2.23. The molecule has 3 aromatic rings. The minimum absolute atomic E-state index is 0.0594. The topological polar surface area (TPSA) is 63.3 Å². The lowest BCUT2D eigenvalue weighted by Gasteiger charge is -1.94. The quantitative estimate of drug-likeness (QED) is 0.742. The number of hydrogen-bond donors (Lipinski definition) is 1. The van der Waals surface area contributed by atoms with Gasteiger partial charge in [0.25, 0.3) is 0 Å². The summed E-state index contributed by atoms with van der Waals surface area (Å²) in [5.41, 5.74) is 0.575. The Hall–Kier alpha value is -1.82. The molecule has 0 amide bonds. The van der Waals surface area contributed by atoms with Gasteiger partial charge in [-0.1, -0.05) is 0 Å². The first-order valence-electron chi connectivity index (χ1n) is 4.56. The lowest BCUT2D eigenvalue weighted by molar-refractivity contribution is 0.550. The van der Waals surface area contributed by atoms with Crippen LogP contribution in [0.3, 0.4) is 0 Å². The van der Waals surface area contributed by atoms with Crippen molar-refractivity contribution in [2.45, 2.75) is 0 Å². The van der Waals surface area contributed by atoms with Crippen LogP contribution in [0.4, 0.5) is 0 Å². The Morgan fingerprint density at radius 1 is 1.38 bits per heavy atom. The van der Waals surface area contributed by atoms with Crippen LogP contribution in [-0.4, -0.2) is 14.6 Å². The summed E-state index contributed by atoms with van der Waals surface area (Å²) in [5.74, 6) is 1.25. The van der Waals surface area contributed by atoms with Gasteiger partial charge >= 0.3 is 0 Å². The minimum atomic E-state index is -0.0594. The number of aromatic nitrogens is 3. The van der Waals surface area contributed by atoms with Crippen LogP contribution in [0.25, 0.3) is 17.2 Å². The SMILES string of the molecule is O=c1ccn2c(-c3ccc(Br)o3)n[nH]c2c1. The predicted molar refractivity (Wildman–Crippen MR) is 61.2 cm³/mol. The Balaban J connectivity index is 2.29. The first-order valence-corrected chi connectivity index (χ1v) is 5.36. The molecule has 0 spiro atoms. The molecule has 6 heteroatoms. The molecule has 5 nitrogen and oxygen atoms in total. The Labute approximate surface area is 97.8 Å². The molecule has 0 fully saturated rings. The van der Waals surface area contributed by atoms with E-state index < -0.39 is 0 Å². The maximum absolute atomic E-state index is 11.1. The Morgan fingerprint density at radius 2 is 2.25 bits per heavy atom. The van der Waals surface area contributed by atoms with E-state index in [2.05, 4.69) is 26.1 Å². The minimum Gasteiger partial charge on any atom is -0.446 e. The van der Waals surface area contributed by atoms with E-state index in [1.807, 2.05) is 0 Å². The van der Waals surface area contributed by atoms with Crippen LogP contribution < -0.4 is 5.43 Å². The van der Waals surface area contributed by atoms with Crippen molar-refractivity contribution in [3.8, 4) is 11.6 Å². The molecule has 3 rings (SSSR count). The maximum Gasteiger partial charge on any atom is 0.201 e. The Bertz CT molecular complexity index is 710. The maximum atomic E-state index is 11.1. The van der Waals surface area contributed by atoms with Crippen molar-refractivity contribution in [1.82, 2.24) is 14.6 Å². The highest BCUT2D eigenvalue weighted by Gasteiger charge is 2.10. The van der Waals surface area contributed by atoms with Crippen molar-refractivity contribution in [1.29, 1.82) is 0 Å². The van der Waals surface area contributed by atoms with Gasteiger partial charge in [0.2, 0.25) is 5.82 Å². The van der Waals surface area contributed by atoms with Crippen LogP contribution >= 0.6 is 15.9 Å². The van der Waals surface area contributed by atoms with Crippen molar-refractivity contribution in [3.63, 3.8) is 0 Å². The highest BCUT2D eigenvalue weighted by molar-refractivity contribution is 9.10. The van der Waals surface area contributed by atoms with Gasteiger partial charge < -0.3 is 4.42 Å². The molecule has 80 valence electrons. The lowest BCUT2D eigenvalue weighted by Crippen LogP contribution is -1.98. The molecule has 1 N–H and O–H groups in total. The van der Waals surface area contributed by atoms with Crippen molar-refractivity contribution >= 4 is 21.6 Å². The predicted octanol–water partition coefficient (Wildman–Crippen LogP) is 2.05. The number of nitrogens with one attached hydrogen (secondary N) is 1. The number of H-pyrrole nitrogens is 1. The molecule has 0 aliphatic rings. The van der Waals surface area contributed by atoms with Crippen LogP contribution in [0.5, 0.6) is 0 Å². The molecule has 3 aromatic heterocycles. The molecule has 0 saturated carbocycles. The number of hydrogen-bond acceptors (Lipinski definition) is 3. The van der Waals surface area contributed by atoms with Crippen LogP contribution in [0.2, 0.25) is 0 Å². The second-order valence-corrected chi connectivity index (χ2v) is 4.05. The third-order valence-corrected chi connectivity index (χ3v) is 2.65. The van der Waals surface area contributed by atoms with E-state index in [1.165, 1.54) is 12.1 Å². The van der Waals surface area contributed by atoms with Crippen molar-refractivity contribution in [3.05, 3.63) is 45.4 Å². The molecule has 0 atom stereocenters. The second kappa shape index (κ2) is 3.34. The molecule has 3 heterocycles. The van der Waals surface area contributed by atoms with Crippen LogP contribution in [0, 0.1) is 0 Å². The summed E-state index contributed by atoms with van der Waals surface area (Å²) in [5, 5.41) is 6.88. The second-order valence-electron chi connectivity index (χ2n) is 3.27. The first-order chi connectivity index (χ1) is 7.74. The van der Waals surface area contributed by atoms with Gasteiger partial charge in [0.15, 0.2) is 15.9 Å². The monoisotopic (exact) mass is 279 g/mol. The molecule has 0 aliphatic heterocycles. The van der Waals surface area contributed by atoms with E-state index in [0.29, 0.717) is 21.9 Å². The van der Waals surface area contributed by atoms with E-state index >= 15 is 0 Å². The largest absolute Gasteiger partial charge is 0.446 e. The van der Waals surface area contributed by atoms with Crippen molar-refractivity contribution in [2.24, 2.45) is 0 Å². The first kappa shape index (κ1) is 9.41. The lowest BCUT2D eigenvalue weighted by atomic mass is 10.4. The van der Waals surface area contributed by atoms with Crippen LogP contribution in [-0.2, 0) is 0 Å². The summed E-state index contributed by atoms with van der Waals surface area (Å²) < 4.78 is 7.80. The third-order valence-electron chi connectivity index (χ3n) is 2.22. The number of aromatic amines is 1. The molecule has 0 saturated heterocycles. The fourth-order valence-electron chi connectivity index (χ4n) is 1.52. The summed E-state index contributed by atoms with van der Waals surface area (Å²) in [6.07, 6.45) is 1.66. The number of pyridine rings is 1. The van der Waals surface area contributed by atoms with E-state index in [0.717, 1.165) is 0 Å². The molecule has 16 heavy (non-hydrogen) atoms. The zero-order chi connectivity index (χ0) is 11.1. The molecule has 0 aliphatic carbocycles. The van der Waals surface area contributed by atoms with Gasteiger partial charge in [-0.15, -0.1) is 0 Å². The van der Waals surface area contributed by atoms with Gasteiger partial charge in [-0.05, 0) is 28.1 Å². The summed E-state index contributed by atoms with van der Waals surface area (Å²) in [6.45, 7) is 0. The van der Waals surface area contributed by atoms with Crippen LogP contribution in [0.15, 0.2) is 44.3 Å². The van der Waals surface area contributed by atoms with Gasteiger partial charge in [-0.2, -0.15) is 5.10 Å². The average Bonchev–Trinajstić information content (AvgIpc) is 2.83. The Morgan fingerprint density at radius 3 is 3.00 bits per heavy atom. The molecule has 0 radical (unpaired) electrons. The van der Waals surface area contributed by atoms with Crippen molar-refractivity contribution < 1.29 is 4.42 Å². The average molecular weight is 280 g/mol. The molecular formula is C10H6BrN3O2. The van der Waals surface area contributed by atoms with E-state index in [-0.39, 0.29) is 5.43 Å². The molecule has 0 bridgehead atoms. The zero-order valence-electron chi connectivity index (χ0n) is 7.98. The number of rotatable bonds is 1. The summed E-state index contributed by atoms with van der Waals surface area (Å²) in [6, 6.07) is 6.55. The standard InChI is InChI=1S/C10H6BrN3O2/c11-8-2-1-7(16-8)10-13-12-9-5-6(15)3-4-14(9)10/h1-5,12H. The van der Waals surface area contributed by atoms with E-state index in [9.17, 15) is 4.79 Å².